The summed E-state index contributed by atoms with van der Waals surface area (Å²) in [5.74, 6) is 0. The number of rotatable bonds is 5. The van der Waals surface area contributed by atoms with Gasteiger partial charge in [0.05, 0.1) is 24.9 Å². The van der Waals surface area contributed by atoms with E-state index < -0.39 is 20.0 Å². The second-order valence-electron chi connectivity index (χ2n) is 8.65. The Morgan fingerprint density at radius 2 is 1.90 bits per heavy atom. The molecule has 0 aromatic heterocycles. The molecule has 0 unspecified atom stereocenters. The maximum absolute atomic E-state index is 10.6. The molecule has 5 heteroatoms. The Morgan fingerprint density at radius 3 is 2.38 bits per heavy atom. The van der Waals surface area contributed by atoms with Crippen molar-refractivity contribution in [2.45, 2.75) is 89.0 Å². The third-order valence-corrected chi connectivity index (χ3v) is 10.2. The van der Waals surface area contributed by atoms with Crippen LogP contribution in [0.2, 0.25) is 18.1 Å². The lowest BCUT2D eigenvalue weighted by Crippen LogP contribution is -2.48. The summed E-state index contributed by atoms with van der Waals surface area (Å²) in [6, 6.07) is 0. The molecule has 0 spiro atoms. The van der Waals surface area contributed by atoms with Crippen LogP contribution in [-0.4, -0.2) is 50.0 Å². The smallest absolute Gasteiger partial charge is 0.192 e. The Morgan fingerprint density at radius 1 is 1.33 bits per heavy atom. The summed E-state index contributed by atoms with van der Waals surface area (Å²) in [6.07, 6.45) is 1.33. The molecule has 21 heavy (non-hydrogen) atoms. The van der Waals surface area contributed by atoms with E-state index in [1.54, 1.807) is 0 Å². The first-order valence-electron chi connectivity index (χ1n) is 8.03. The molecule has 2 fully saturated rings. The van der Waals surface area contributed by atoms with E-state index in [-0.39, 0.29) is 16.7 Å². The molecular formula is C16H32O4Si. The first kappa shape index (κ1) is 17.4. The number of hydrogen-bond donors (Lipinski definition) is 1. The van der Waals surface area contributed by atoms with Crippen LogP contribution in [0.3, 0.4) is 0 Å². The van der Waals surface area contributed by atoms with E-state index >= 15 is 0 Å². The predicted octanol–water partition coefficient (Wildman–Crippen LogP) is 3.10. The molecule has 0 radical (unpaired) electrons. The van der Waals surface area contributed by atoms with Gasteiger partial charge in [0.25, 0.3) is 0 Å². The molecule has 0 aromatic carbocycles. The van der Waals surface area contributed by atoms with Gasteiger partial charge in [-0.2, -0.15) is 0 Å². The summed E-state index contributed by atoms with van der Waals surface area (Å²) >= 11 is 0. The molecule has 4 nitrogen and oxygen atoms in total. The zero-order chi connectivity index (χ0) is 16.1. The molecule has 0 saturated carbocycles. The van der Waals surface area contributed by atoms with Crippen LogP contribution in [0.15, 0.2) is 0 Å². The molecule has 2 heterocycles. The van der Waals surface area contributed by atoms with Gasteiger partial charge < -0.3 is 19.0 Å². The van der Waals surface area contributed by atoms with Crippen LogP contribution in [0, 0.1) is 0 Å². The fourth-order valence-corrected chi connectivity index (χ4v) is 3.52. The Labute approximate surface area is 130 Å². The Hall–Kier alpha value is 0.0569. The van der Waals surface area contributed by atoms with E-state index in [0.717, 1.165) is 19.4 Å². The van der Waals surface area contributed by atoms with Gasteiger partial charge in [-0.25, -0.2) is 0 Å². The summed E-state index contributed by atoms with van der Waals surface area (Å²) in [5.41, 5.74) is -0.639. The van der Waals surface area contributed by atoms with Gasteiger partial charge in [0.15, 0.2) is 8.32 Å². The second-order valence-corrected chi connectivity index (χ2v) is 13.5. The van der Waals surface area contributed by atoms with E-state index in [2.05, 4.69) is 40.8 Å². The van der Waals surface area contributed by atoms with Crippen molar-refractivity contribution >= 4 is 8.32 Å². The zero-order valence-electron chi connectivity index (χ0n) is 14.7. The highest BCUT2D eigenvalue weighted by Gasteiger charge is 2.55. The second kappa shape index (κ2) is 5.30. The van der Waals surface area contributed by atoms with Crippen LogP contribution in [0.1, 0.15) is 47.5 Å². The van der Waals surface area contributed by atoms with E-state index in [1.165, 1.54) is 0 Å². The fourth-order valence-electron chi connectivity index (χ4n) is 2.52. The van der Waals surface area contributed by atoms with Crippen molar-refractivity contribution in [3.63, 3.8) is 0 Å². The van der Waals surface area contributed by atoms with Gasteiger partial charge in [0, 0.05) is 0 Å². The standard InChI is InChI=1S/C16H32O4Si/c1-14(2,3)21(6,7)19-10-12(17)15(4)9-8-13(20-15)16(5)11-18-16/h12-13,17H,8-11H2,1-7H3/t12-,13+,15+,16+/m0/s1. The lowest BCUT2D eigenvalue weighted by Gasteiger charge is -2.39. The first-order valence-corrected chi connectivity index (χ1v) is 10.9. The van der Waals surface area contributed by atoms with Gasteiger partial charge in [-0.3, -0.25) is 0 Å². The first-order chi connectivity index (χ1) is 9.40. The monoisotopic (exact) mass is 316 g/mol. The normalized spacial score (nSPS) is 38.6. The van der Waals surface area contributed by atoms with Crippen molar-refractivity contribution in [3.05, 3.63) is 0 Å². The lowest BCUT2D eigenvalue weighted by atomic mass is 9.94. The highest BCUT2D eigenvalue weighted by molar-refractivity contribution is 6.74. The topological polar surface area (TPSA) is 51.2 Å². The molecule has 2 aliphatic heterocycles. The minimum Gasteiger partial charge on any atom is -0.414 e. The Balaban J connectivity index is 1.90. The summed E-state index contributed by atoms with van der Waals surface area (Å²) in [6.45, 7) is 16.3. The highest BCUT2D eigenvalue weighted by Crippen LogP contribution is 2.44. The van der Waals surface area contributed by atoms with Gasteiger partial charge in [0.1, 0.15) is 11.7 Å². The largest absolute Gasteiger partial charge is 0.414 e. The van der Waals surface area contributed by atoms with Crippen LogP contribution in [0.25, 0.3) is 0 Å². The molecule has 0 bridgehead atoms. The molecule has 0 aromatic rings. The summed E-state index contributed by atoms with van der Waals surface area (Å²) in [4.78, 5) is 0. The van der Waals surface area contributed by atoms with E-state index in [4.69, 9.17) is 13.9 Å². The summed E-state index contributed by atoms with van der Waals surface area (Å²) < 4.78 is 17.8. The highest BCUT2D eigenvalue weighted by atomic mass is 28.4. The van der Waals surface area contributed by atoms with Crippen molar-refractivity contribution in [1.29, 1.82) is 0 Å². The van der Waals surface area contributed by atoms with Crippen molar-refractivity contribution < 1.29 is 19.0 Å². The molecule has 124 valence electrons. The Kier molecular flexibility index (Phi) is 4.40. The molecule has 1 N–H and O–H groups in total. The van der Waals surface area contributed by atoms with Crippen LogP contribution in [-0.2, 0) is 13.9 Å². The molecule has 2 rings (SSSR count). The van der Waals surface area contributed by atoms with Gasteiger partial charge in [-0.1, -0.05) is 20.8 Å². The predicted molar refractivity (Wildman–Crippen MR) is 86.0 cm³/mol. The molecule has 0 amide bonds. The molecule has 0 aliphatic carbocycles. The third kappa shape index (κ3) is 3.53. The number of aliphatic hydroxyl groups excluding tert-OH is 1. The van der Waals surface area contributed by atoms with Crippen LogP contribution in [0.5, 0.6) is 0 Å². The number of epoxide rings is 1. The molecular weight excluding hydrogens is 284 g/mol. The zero-order valence-corrected chi connectivity index (χ0v) is 15.7. The maximum Gasteiger partial charge on any atom is 0.192 e. The van der Waals surface area contributed by atoms with Gasteiger partial charge in [-0.15, -0.1) is 0 Å². The summed E-state index contributed by atoms with van der Waals surface area (Å²) in [7, 11) is -1.83. The number of ether oxygens (including phenoxy) is 2. The fraction of sp³-hybridized carbons (Fsp3) is 1.00. The van der Waals surface area contributed by atoms with Crippen molar-refractivity contribution in [2.24, 2.45) is 0 Å². The maximum atomic E-state index is 10.6. The van der Waals surface area contributed by atoms with Crippen LogP contribution < -0.4 is 0 Å². The van der Waals surface area contributed by atoms with E-state index in [0.29, 0.717) is 6.61 Å². The van der Waals surface area contributed by atoms with Crippen molar-refractivity contribution in [2.75, 3.05) is 13.2 Å². The number of hydrogen-bond acceptors (Lipinski definition) is 4. The SMILES string of the molecule is CC(C)(C)[Si](C)(C)OC[C@H](O)[C@@]1(C)CC[C@H]([C@@]2(C)CO2)O1. The van der Waals surface area contributed by atoms with Gasteiger partial charge in [-0.05, 0) is 44.8 Å². The van der Waals surface area contributed by atoms with E-state index in [1.807, 2.05) is 6.92 Å². The van der Waals surface area contributed by atoms with Crippen molar-refractivity contribution in [1.82, 2.24) is 0 Å². The van der Waals surface area contributed by atoms with Crippen LogP contribution >= 0.6 is 0 Å². The van der Waals surface area contributed by atoms with Gasteiger partial charge in [0.2, 0.25) is 0 Å². The number of aliphatic hydroxyl groups is 1. The molecule has 2 saturated heterocycles. The molecule has 4 atom stereocenters. The third-order valence-electron chi connectivity index (χ3n) is 5.71. The van der Waals surface area contributed by atoms with Gasteiger partial charge >= 0.3 is 0 Å². The van der Waals surface area contributed by atoms with Crippen molar-refractivity contribution in [3.8, 4) is 0 Å². The molecule has 2 aliphatic rings. The average molecular weight is 317 g/mol. The van der Waals surface area contributed by atoms with Crippen LogP contribution in [0.4, 0.5) is 0 Å². The Bertz CT molecular complexity index is 386. The minimum absolute atomic E-state index is 0.102. The summed E-state index contributed by atoms with van der Waals surface area (Å²) in [5, 5.41) is 10.7. The lowest BCUT2D eigenvalue weighted by molar-refractivity contribution is -0.129. The van der Waals surface area contributed by atoms with E-state index in [9.17, 15) is 5.11 Å². The quantitative estimate of drug-likeness (QED) is 0.625. The minimum atomic E-state index is -1.83. The average Bonchev–Trinajstić information content (AvgIpc) is 2.95.